The topological polar surface area (TPSA) is 157 Å². The summed E-state index contributed by atoms with van der Waals surface area (Å²) in [7, 11) is -3.55. The molecule has 2 amide bonds. The van der Waals surface area contributed by atoms with Crippen molar-refractivity contribution in [3.63, 3.8) is 0 Å². The van der Waals surface area contributed by atoms with Crippen molar-refractivity contribution in [2.24, 2.45) is 0 Å². The minimum Gasteiger partial charge on any atom is -0.349 e. The molecule has 0 bridgehead atoms. The van der Waals surface area contributed by atoms with Gasteiger partial charge in [-0.15, -0.1) is 32.2 Å². The van der Waals surface area contributed by atoms with E-state index in [0.717, 1.165) is 22.3 Å². The Morgan fingerprint density at radius 1 is 0.759 bits per heavy atom. The van der Waals surface area contributed by atoms with E-state index < -0.39 is 9.84 Å². The first-order valence-corrected chi connectivity index (χ1v) is 21.1. The summed E-state index contributed by atoms with van der Waals surface area (Å²) >= 11 is 1.65. The fourth-order valence-electron chi connectivity index (χ4n) is 7.02. The highest BCUT2D eigenvalue weighted by atomic mass is 32.2. The van der Waals surface area contributed by atoms with Crippen LogP contribution in [0.3, 0.4) is 0 Å². The fraction of sp³-hybridized carbons (Fsp3) is 0.410. The molecule has 0 aliphatic carbocycles. The third kappa shape index (κ3) is 9.34. The molecule has 0 N–H and O–H groups in total. The van der Waals surface area contributed by atoms with Crippen LogP contribution in [0.15, 0.2) is 82.7 Å². The van der Waals surface area contributed by atoms with Gasteiger partial charge in [-0.1, -0.05) is 50.2 Å². The number of amides is 2. The third-order valence-electron chi connectivity index (χ3n) is 10.1. The number of nitriles is 1. The molecule has 2 aliphatic rings. The minimum atomic E-state index is -3.55. The Labute approximate surface area is 321 Å². The zero-order valence-corrected chi connectivity index (χ0v) is 32.6. The number of hydrogen-bond acceptors (Lipinski definition) is 12. The van der Waals surface area contributed by atoms with Crippen molar-refractivity contribution >= 4 is 45.0 Å². The van der Waals surface area contributed by atoms with E-state index >= 15 is 0 Å². The van der Waals surface area contributed by atoms with Crippen molar-refractivity contribution in [1.82, 2.24) is 30.2 Å². The van der Waals surface area contributed by atoms with Crippen LogP contribution < -0.4 is 9.80 Å². The van der Waals surface area contributed by atoms with Crippen molar-refractivity contribution in [3.8, 4) is 6.07 Å². The zero-order valence-electron chi connectivity index (χ0n) is 31.0. The number of sulfone groups is 1. The molecule has 6 rings (SSSR count). The van der Waals surface area contributed by atoms with Crippen LogP contribution >= 0.6 is 11.8 Å². The summed E-state index contributed by atoms with van der Waals surface area (Å²) < 4.78 is 24.4. The second-order valence-corrected chi connectivity index (χ2v) is 16.9. The number of piperazine rings is 2. The van der Waals surface area contributed by atoms with Crippen LogP contribution in [-0.2, 0) is 32.3 Å². The fourth-order valence-corrected chi connectivity index (χ4v) is 7.94. The number of aromatic nitrogens is 4. The molecule has 0 spiro atoms. The molecule has 54 heavy (non-hydrogen) atoms. The van der Waals surface area contributed by atoms with E-state index in [4.69, 9.17) is 0 Å². The Bertz CT molecular complexity index is 2070. The van der Waals surface area contributed by atoms with Crippen molar-refractivity contribution in [2.75, 3.05) is 61.6 Å². The second kappa shape index (κ2) is 16.9. The van der Waals surface area contributed by atoms with Crippen molar-refractivity contribution < 1.29 is 18.0 Å². The summed E-state index contributed by atoms with van der Waals surface area (Å²) in [6, 6.07) is 24.2. The predicted octanol–water partition coefficient (Wildman–Crippen LogP) is 4.00. The van der Waals surface area contributed by atoms with E-state index in [0.29, 0.717) is 63.2 Å². The molecule has 2 atom stereocenters. The summed E-state index contributed by atoms with van der Waals surface area (Å²) in [4.78, 5) is 36.7. The second-order valence-electron chi connectivity index (χ2n) is 14.1. The highest BCUT2D eigenvalue weighted by Gasteiger charge is 2.37. The van der Waals surface area contributed by atoms with E-state index in [1.807, 2.05) is 58.5 Å². The Hall–Kier alpha value is -5.07. The molecule has 2 aromatic heterocycles. The van der Waals surface area contributed by atoms with Gasteiger partial charge in [0.05, 0.1) is 24.9 Å². The van der Waals surface area contributed by atoms with Crippen LogP contribution in [0.4, 0.5) is 11.6 Å². The van der Waals surface area contributed by atoms with Crippen molar-refractivity contribution in [3.05, 3.63) is 95.2 Å². The summed E-state index contributed by atoms with van der Waals surface area (Å²) in [6.45, 7) is 6.94. The third-order valence-corrected chi connectivity index (χ3v) is 11.8. The van der Waals surface area contributed by atoms with E-state index in [2.05, 4.69) is 56.2 Å². The number of thioether (sulfide) groups is 1. The maximum absolute atomic E-state index is 13.8. The van der Waals surface area contributed by atoms with Crippen LogP contribution in [0, 0.1) is 11.3 Å². The summed E-state index contributed by atoms with van der Waals surface area (Å²) in [5.74, 6) is 1.52. The van der Waals surface area contributed by atoms with Gasteiger partial charge >= 0.3 is 0 Å². The van der Waals surface area contributed by atoms with E-state index in [9.17, 15) is 23.3 Å². The monoisotopic (exact) mass is 767 g/mol. The molecule has 4 aromatic rings. The number of benzene rings is 2. The Morgan fingerprint density at radius 2 is 1.28 bits per heavy atom. The smallest absolute Gasteiger partial charge is 0.227 e. The molecule has 2 fully saturated rings. The Balaban J connectivity index is 1.28. The van der Waals surface area contributed by atoms with Crippen LogP contribution in [0.2, 0.25) is 0 Å². The van der Waals surface area contributed by atoms with Gasteiger partial charge in [-0.25, -0.2) is 8.42 Å². The highest BCUT2D eigenvalue weighted by Crippen LogP contribution is 2.28. The Kier molecular flexibility index (Phi) is 12.1. The van der Waals surface area contributed by atoms with Crippen LogP contribution in [0.1, 0.15) is 48.6 Å². The number of rotatable bonds is 11. The highest BCUT2D eigenvalue weighted by molar-refractivity contribution is 7.98. The van der Waals surface area contributed by atoms with Gasteiger partial charge in [-0.05, 0) is 71.7 Å². The molecule has 2 aliphatic heterocycles. The molecule has 13 nitrogen and oxygen atoms in total. The van der Waals surface area contributed by atoms with Crippen molar-refractivity contribution in [2.45, 2.75) is 61.0 Å². The first-order valence-electron chi connectivity index (χ1n) is 18.0. The summed E-state index contributed by atoms with van der Waals surface area (Å²) in [5, 5.41) is 26.1. The van der Waals surface area contributed by atoms with Gasteiger partial charge in [0.2, 0.25) is 11.8 Å². The lowest BCUT2D eigenvalue weighted by molar-refractivity contribution is -0.131. The number of anilines is 2. The van der Waals surface area contributed by atoms with Crippen LogP contribution in [-0.4, -0.2) is 114 Å². The molecule has 0 radical (unpaired) electrons. The maximum Gasteiger partial charge on any atom is 0.227 e. The van der Waals surface area contributed by atoms with Gasteiger partial charge in [0.15, 0.2) is 32.2 Å². The van der Waals surface area contributed by atoms with E-state index in [1.165, 1.54) is 11.6 Å². The molecular weight excluding hydrogens is 723 g/mol. The molecule has 2 aromatic carbocycles. The van der Waals surface area contributed by atoms with E-state index in [1.54, 1.807) is 30.0 Å². The number of carbonyl (C=O) groups excluding carboxylic acids is 2. The molecule has 1 unspecified atom stereocenters. The summed E-state index contributed by atoms with van der Waals surface area (Å²) in [6.07, 6.45) is 4.16. The van der Waals surface area contributed by atoms with E-state index in [-0.39, 0.29) is 47.5 Å². The SMILES string of the molecule is CSc1ccc(CC(=O)N2CCN(c3ccc(C#N)nn3)[C@H](CC3CN(C(=O)Cc4ccc(C(C)C)cc4)CCN3c3ccc(S(C)(=O)=O)nn3)C2)cc1. The molecule has 4 heterocycles. The molecular formula is C39H45N9O4S2. The van der Waals surface area contributed by atoms with Gasteiger partial charge < -0.3 is 19.6 Å². The largest absolute Gasteiger partial charge is 0.349 e. The average Bonchev–Trinajstić information content (AvgIpc) is 3.18. The average molecular weight is 768 g/mol. The number of carbonyl (C=O) groups is 2. The van der Waals surface area contributed by atoms with Crippen LogP contribution in [0.25, 0.3) is 0 Å². The first-order chi connectivity index (χ1) is 25.9. The molecule has 2 saturated heterocycles. The lowest BCUT2D eigenvalue weighted by Gasteiger charge is -2.47. The van der Waals surface area contributed by atoms with Gasteiger partial charge in [0, 0.05) is 50.4 Å². The molecule has 0 saturated carbocycles. The zero-order chi connectivity index (χ0) is 38.4. The van der Waals surface area contributed by atoms with Gasteiger partial charge in [-0.2, -0.15) is 5.26 Å². The normalized spacial score (nSPS) is 17.8. The lowest BCUT2D eigenvalue weighted by Crippen LogP contribution is -2.61. The predicted molar refractivity (Wildman–Crippen MR) is 208 cm³/mol. The first kappa shape index (κ1) is 38.6. The molecule has 282 valence electrons. The summed E-state index contributed by atoms with van der Waals surface area (Å²) in [5.41, 5.74) is 3.31. The maximum atomic E-state index is 13.8. The van der Waals surface area contributed by atoms with Gasteiger partial charge in [0.1, 0.15) is 6.07 Å². The molecule has 15 heteroatoms. The van der Waals surface area contributed by atoms with Crippen LogP contribution in [0.5, 0.6) is 0 Å². The number of hydrogen-bond donors (Lipinski definition) is 0. The standard InChI is InChI=1S/C39H45N9O4S2/c1-27(2)30-9-5-28(6-10-30)21-38(49)45-18-20-48(36-15-16-37(44-43-36)54(4,51)52)33(26-45)23-32-25-46(39(50)22-29-7-12-34(53-3)13-8-29)17-19-47(32)35-14-11-31(24-40)41-42-35/h5-16,27,32-33H,17-23,25-26H2,1-4H3/t32-,33?/m1/s1. The van der Waals surface area contributed by atoms with Gasteiger partial charge in [0.25, 0.3) is 0 Å². The quantitative estimate of drug-likeness (QED) is 0.203. The minimum absolute atomic E-state index is 0.0122. The lowest BCUT2D eigenvalue weighted by atomic mass is 9.97. The van der Waals surface area contributed by atoms with Gasteiger partial charge in [-0.3, -0.25) is 9.59 Å². The number of nitrogens with zero attached hydrogens (tertiary/aromatic N) is 9. The van der Waals surface area contributed by atoms with Crippen molar-refractivity contribution in [1.29, 1.82) is 5.26 Å². The Morgan fingerprint density at radius 3 is 1.70 bits per heavy atom.